The molecular weight excluding hydrogens is 302 g/mol. The van der Waals surface area contributed by atoms with E-state index >= 15 is 0 Å². The van der Waals surface area contributed by atoms with Crippen molar-refractivity contribution in [3.63, 3.8) is 0 Å². The summed E-state index contributed by atoms with van der Waals surface area (Å²) in [6.45, 7) is 6.07. The Bertz CT molecular complexity index is 651. The average Bonchev–Trinajstić information content (AvgIpc) is 2.51. The summed E-state index contributed by atoms with van der Waals surface area (Å²) >= 11 is 0. The fourth-order valence-corrected chi connectivity index (χ4v) is 2.76. The van der Waals surface area contributed by atoms with Crippen molar-refractivity contribution >= 4 is 11.8 Å². The molecule has 5 nitrogen and oxygen atoms in total. The minimum atomic E-state index is -0.429. The Morgan fingerprint density at radius 1 is 1.21 bits per heavy atom. The first-order valence-electron chi connectivity index (χ1n) is 8.17. The average molecular weight is 327 g/mol. The van der Waals surface area contributed by atoms with E-state index in [0.717, 1.165) is 16.8 Å². The highest BCUT2D eigenvalue weighted by molar-refractivity contribution is 5.88. The van der Waals surface area contributed by atoms with Crippen LogP contribution >= 0.6 is 0 Å². The molecule has 0 aliphatic carbocycles. The van der Waals surface area contributed by atoms with Gasteiger partial charge in [0, 0.05) is 18.2 Å². The van der Waals surface area contributed by atoms with Gasteiger partial charge in [-0.3, -0.25) is 5.32 Å². The number of aliphatic hydroxyl groups is 1. The number of anilines is 1. The standard InChI is InChI=1S/C19H25N3O2/c1-13-9-14(2)21-18(10-13)22-19(24)20-12-17(11-15(3)23)16-7-5-4-6-8-16/h4-10,15,17,23H,11-12H2,1-3H3,(H2,20,21,22,24)/t15-,17+/m1/s1. The predicted molar refractivity (Wildman–Crippen MR) is 96.2 cm³/mol. The van der Waals surface area contributed by atoms with Crippen molar-refractivity contribution in [1.29, 1.82) is 0 Å². The van der Waals surface area contributed by atoms with E-state index in [1.54, 1.807) is 6.92 Å². The molecule has 0 saturated heterocycles. The third-order valence-corrected chi connectivity index (χ3v) is 3.74. The molecule has 0 spiro atoms. The summed E-state index contributed by atoms with van der Waals surface area (Å²) < 4.78 is 0. The number of rotatable bonds is 6. The zero-order valence-electron chi connectivity index (χ0n) is 14.4. The number of amides is 2. The van der Waals surface area contributed by atoms with Crippen molar-refractivity contribution in [3.8, 4) is 0 Å². The number of carbonyl (C=O) groups excluding carboxylic acids is 1. The number of benzene rings is 1. The lowest BCUT2D eigenvalue weighted by Crippen LogP contribution is -2.33. The number of hydrogen-bond acceptors (Lipinski definition) is 3. The molecule has 1 heterocycles. The molecule has 2 rings (SSSR count). The van der Waals surface area contributed by atoms with Gasteiger partial charge in [-0.15, -0.1) is 0 Å². The summed E-state index contributed by atoms with van der Waals surface area (Å²) in [7, 11) is 0. The number of hydrogen-bond donors (Lipinski definition) is 3. The molecule has 0 radical (unpaired) electrons. The molecule has 1 aromatic carbocycles. The summed E-state index contributed by atoms with van der Waals surface area (Å²) in [4.78, 5) is 16.4. The minimum Gasteiger partial charge on any atom is -0.393 e. The van der Waals surface area contributed by atoms with Gasteiger partial charge in [0.2, 0.25) is 0 Å². The molecule has 24 heavy (non-hydrogen) atoms. The largest absolute Gasteiger partial charge is 0.393 e. The Morgan fingerprint density at radius 2 is 1.92 bits per heavy atom. The van der Waals surface area contributed by atoms with Crippen LogP contribution in [-0.2, 0) is 0 Å². The molecule has 2 atom stereocenters. The van der Waals surface area contributed by atoms with E-state index in [-0.39, 0.29) is 11.9 Å². The van der Waals surface area contributed by atoms with Gasteiger partial charge in [-0.25, -0.2) is 9.78 Å². The first-order valence-corrected chi connectivity index (χ1v) is 8.17. The highest BCUT2D eigenvalue weighted by atomic mass is 16.3. The molecule has 0 aliphatic rings. The van der Waals surface area contributed by atoms with Crippen molar-refractivity contribution in [2.24, 2.45) is 0 Å². The van der Waals surface area contributed by atoms with Crippen molar-refractivity contribution in [2.45, 2.75) is 39.2 Å². The van der Waals surface area contributed by atoms with Crippen LogP contribution in [0, 0.1) is 13.8 Å². The summed E-state index contributed by atoms with van der Waals surface area (Å²) in [6.07, 6.45) is 0.160. The van der Waals surface area contributed by atoms with Crippen LogP contribution in [0.1, 0.15) is 36.1 Å². The van der Waals surface area contributed by atoms with E-state index in [1.165, 1.54) is 0 Å². The van der Waals surface area contributed by atoms with Gasteiger partial charge < -0.3 is 10.4 Å². The zero-order chi connectivity index (χ0) is 17.5. The molecule has 2 aromatic rings. The Balaban J connectivity index is 1.96. The number of nitrogens with one attached hydrogen (secondary N) is 2. The molecule has 2 amide bonds. The number of aliphatic hydroxyl groups excluding tert-OH is 1. The highest BCUT2D eigenvalue weighted by Gasteiger charge is 2.15. The quantitative estimate of drug-likeness (QED) is 0.761. The normalized spacial score (nSPS) is 13.2. The lowest BCUT2D eigenvalue weighted by Gasteiger charge is -2.20. The van der Waals surface area contributed by atoms with E-state index < -0.39 is 6.10 Å². The van der Waals surface area contributed by atoms with E-state index in [9.17, 15) is 9.90 Å². The summed E-state index contributed by atoms with van der Waals surface area (Å²) in [5.74, 6) is 0.598. The molecule has 0 bridgehead atoms. The maximum absolute atomic E-state index is 12.1. The maximum Gasteiger partial charge on any atom is 0.320 e. The number of aromatic nitrogens is 1. The highest BCUT2D eigenvalue weighted by Crippen LogP contribution is 2.20. The molecule has 128 valence electrons. The Kier molecular flexibility index (Phi) is 6.32. The van der Waals surface area contributed by atoms with Gasteiger partial charge in [0.05, 0.1) is 6.10 Å². The number of carbonyl (C=O) groups is 1. The van der Waals surface area contributed by atoms with Crippen LogP contribution in [0.3, 0.4) is 0 Å². The lowest BCUT2D eigenvalue weighted by atomic mass is 9.93. The van der Waals surface area contributed by atoms with Crippen molar-refractivity contribution in [1.82, 2.24) is 10.3 Å². The summed E-state index contributed by atoms with van der Waals surface area (Å²) in [6, 6.07) is 13.4. The van der Waals surface area contributed by atoms with Gasteiger partial charge in [-0.05, 0) is 50.5 Å². The van der Waals surface area contributed by atoms with Crippen molar-refractivity contribution in [2.75, 3.05) is 11.9 Å². The van der Waals surface area contributed by atoms with Crippen molar-refractivity contribution < 1.29 is 9.90 Å². The topological polar surface area (TPSA) is 74.2 Å². The second kappa shape index (κ2) is 8.45. The number of pyridine rings is 1. The molecule has 1 aromatic heterocycles. The summed E-state index contributed by atoms with van der Waals surface area (Å²) in [5, 5.41) is 15.3. The maximum atomic E-state index is 12.1. The second-order valence-electron chi connectivity index (χ2n) is 6.20. The Labute approximate surface area is 143 Å². The van der Waals surface area contributed by atoms with Gasteiger partial charge in [0.15, 0.2) is 0 Å². The molecule has 0 unspecified atom stereocenters. The first-order chi connectivity index (χ1) is 11.4. The van der Waals surface area contributed by atoms with Crippen LogP contribution < -0.4 is 10.6 Å². The summed E-state index contributed by atoms with van der Waals surface area (Å²) in [5.41, 5.74) is 3.01. The third kappa shape index (κ3) is 5.66. The van der Waals surface area contributed by atoms with Crippen LogP contribution in [0.2, 0.25) is 0 Å². The first kappa shape index (κ1) is 17.9. The van der Waals surface area contributed by atoms with E-state index in [4.69, 9.17) is 0 Å². The third-order valence-electron chi connectivity index (χ3n) is 3.74. The molecular formula is C19H25N3O2. The monoisotopic (exact) mass is 327 g/mol. The molecule has 5 heteroatoms. The van der Waals surface area contributed by atoms with Gasteiger partial charge >= 0.3 is 6.03 Å². The van der Waals surface area contributed by atoms with E-state index in [2.05, 4.69) is 15.6 Å². The second-order valence-corrected chi connectivity index (χ2v) is 6.20. The van der Waals surface area contributed by atoms with Crippen LogP contribution in [0.25, 0.3) is 0 Å². The van der Waals surface area contributed by atoms with E-state index in [0.29, 0.717) is 18.8 Å². The van der Waals surface area contributed by atoms with Crippen molar-refractivity contribution in [3.05, 3.63) is 59.3 Å². The van der Waals surface area contributed by atoms with Gasteiger partial charge in [0.25, 0.3) is 0 Å². The van der Waals surface area contributed by atoms with E-state index in [1.807, 2.05) is 56.3 Å². The fraction of sp³-hybridized carbons (Fsp3) is 0.368. The van der Waals surface area contributed by atoms with Crippen LogP contribution in [0.4, 0.5) is 10.6 Å². The molecule has 0 fully saturated rings. The van der Waals surface area contributed by atoms with Crippen LogP contribution in [-0.4, -0.2) is 28.8 Å². The molecule has 0 aliphatic heterocycles. The SMILES string of the molecule is Cc1cc(C)nc(NC(=O)NC[C@H](C[C@@H](C)O)c2ccccc2)c1. The van der Waals surface area contributed by atoms with Gasteiger partial charge in [0.1, 0.15) is 5.82 Å². The number of aryl methyl sites for hydroxylation is 2. The smallest absolute Gasteiger partial charge is 0.320 e. The van der Waals surface area contributed by atoms with Crippen LogP contribution in [0.5, 0.6) is 0 Å². The number of nitrogens with zero attached hydrogens (tertiary/aromatic N) is 1. The molecule has 0 saturated carbocycles. The lowest BCUT2D eigenvalue weighted by molar-refractivity contribution is 0.173. The number of urea groups is 1. The molecule has 3 N–H and O–H groups in total. The van der Waals surface area contributed by atoms with Gasteiger partial charge in [-0.2, -0.15) is 0 Å². The fourth-order valence-electron chi connectivity index (χ4n) is 2.76. The van der Waals surface area contributed by atoms with Gasteiger partial charge in [-0.1, -0.05) is 30.3 Å². The zero-order valence-corrected chi connectivity index (χ0v) is 14.4. The van der Waals surface area contributed by atoms with Crippen LogP contribution in [0.15, 0.2) is 42.5 Å². The Hall–Kier alpha value is -2.40. The minimum absolute atomic E-state index is 0.0594. The predicted octanol–water partition coefficient (Wildman–Crippen LogP) is 3.37. The Morgan fingerprint density at radius 3 is 2.54 bits per heavy atom.